The predicted octanol–water partition coefficient (Wildman–Crippen LogP) is 0.922. The summed E-state index contributed by atoms with van der Waals surface area (Å²) in [4.78, 5) is 20.4. The van der Waals surface area contributed by atoms with Gasteiger partial charge in [0.25, 0.3) is 0 Å². The molecule has 1 rings (SSSR count). The molecule has 1 aromatic heterocycles. The van der Waals surface area contributed by atoms with Crippen molar-refractivity contribution < 1.29 is 14.1 Å². The average molecular weight is 226 g/mol. The molecule has 0 radical (unpaired) electrons. The van der Waals surface area contributed by atoms with Crippen LogP contribution in [0.5, 0.6) is 0 Å². The molecule has 1 aromatic rings. The lowest BCUT2D eigenvalue weighted by Gasteiger charge is -2.09. The van der Waals surface area contributed by atoms with E-state index in [2.05, 4.69) is 5.10 Å². The third-order valence-corrected chi connectivity index (χ3v) is 1.67. The summed E-state index contributed by atoms with van der Waals surface area (Å²) in [6.45, 7) is 1.99. The van der Waals surface area contributed by atoms with Crippen molar-refractivity contribution in [2.75, 3.05) is 6.54 Å². The number of nitrogens with zero attached hydrogens (tertiary/aromatic N) is 3. The Morgan fingerprint density at radius 3 is 2.88 bits per heavy atom. The zero-order valence-corrected chi connectivity index (χ0v) is 8.49. The quantitative estimate of drug-likeness (QED) is 0.466. The molecule has 0 atom stereocenters. The molecule has 0 spiro atoms. The van der Waals surface area contributed by atoms with Gasteiger partial charge in [-0.15, -0.1) is 0 Å². The highest BCUT2D eigenvalue weighted by Crippen LogP contribution is 2.13. The van der Waals surface area contributed by atoms with E-state index in [1.165, 1.54) is 18.3 Å². The van der Waals surface area contributed by atoms with Gasteiger partial charge in [-0.25, -0.2) is 9.80 Å². The number of nitro groups is 1. The predicted molar refractivity (Wildman–Crippen MR) is 54.9 cm³/mol. The molecule has 2 amide bonds. The molecule has 2 N–H and O–H groups in total. The van der Waals surface area contributed by atoms with E-state index in [9.17, 15) is 14.9 Å². The van der Waals surface area contributed by atoms with Crippen LogP contribution in [0.2, 0.25) is 0 Å². The van der Waals surface area contributed by atoms with Gasteiger partial charge < -0.3 is 10.2 Å². The van der Waals surface area contributed by atoms with Crippen molar-refractivity contribution >= 4 is 18.1 Å². The molecule has 86 valence electrons. The fraction of sp³-hybridized carbons (Fsp3) is 0.250. The summed E-state index contributed by atoms with van der Waals surface area (Å²) in [5.41, 5.74) is 5.00. The molecule has 8 nitrogen and oxygen atoms in total. The lowest BCUT2D eigenvalue weighted by atomic mass is 10.5. The van der Waals surface area contributed by atoms with Gasteiger partial charge in [0, 0.05) is 6.54 Å². The summed E-state index contributed by atoms with van der Waals surface area (Å²) in [5, 5.41) is 15.0. The van der Waals surface area contributed by atoms with E-state index in [0.717, 1.165) is 5.01 Å². The highest BCUT2D eigenvalue weighted by Gasteiger charge is 2.11. The van der Waals surface area contributed by atoms with Gasteiger partial charge in [-0.2, -0.15) is 5.10 Å². The Balaban J connectivity index is 2.75. The SMILES string of the molecule is CCN(/N=C\c1ccc([N+](=O)[O-])o1)C(N)=O. The summed E-state index contributed by atoms with van der Waals surface area (Å²) in [5.74, 6) is -0.213. The van der Waals surface area contributed by atoms with E-state index in [1.54, 1.807) is 6.92 Å². The maximum Gasteiger partial charge on any atom is 0.433 e. The van der Waals surface area contributed by atoms with Gasteiger partial charge >= 0.3 is 11.9 Å². The van der Waals surface area contributed by atoms with E-state index in [0.29, 0.717) is 6.54 Å². The number of primary amides is 1. The summed E-state index contributed by atoms with van der Waals surface area (Å²) >= 11 is 0. The average Bonchev–Trinajstić information content (AvgIpc) is 2.67. The molecule has 0 saturated carbocycles. The number of carbonyl (C=O) groups is 1. The molecule has 0 fully saturated rings. The Morgan fingerprint density at radius 1 is 1.75 bits per heavy atom. The molecule has 8 heteroatoms. The molecule has 0 unspecified atom stereocenters. The second-order valence-corrected chi connectivity index (χ2v) is 2.73. The van der Waals surface area contributed by atoms with E-state index in [1.807, 2.05) is 0 Å². The van der Waals surface area contributed by atoms with Crippen LogP contribution in [-0.4, -0.2) is 28.7 Å². The van der Waals surface area contributed by atoms with Crippen LogP contribution in [0.3, 0.4) is 0 Å². The number of hydrazone groups is 1. The zero-order chi connectivity index (χ0) is 12.1. The van der Waals surface area contributed by atoms with Crippen molar-refractivity contribution in [1.82, 2.24) is 5.01 Å². The van der Waals surface area contributed by atoms with Crippen LogP contribution in [0.4, 0.5) is 10.7 Å². The normalized spacial score (nSPS) is 10.6. The second-order valence-electron chi connectivity index (χ2n) is 2.73. The first kappa shape index (κ1) is 11.7. The number of hydrogen-bond acceptors (Lipinski definition) is 5. The number of rotatable bonds is 4. The van der Waals surface area contributed by atoms with Crippen LogP contribution >= 0.6 is 0 Å². The molecule has 1 heterocycles. The first-order chi connectivity index (χ1) is 7.54. The van der Waals surface area contributed by atoms with Crippen LogP contribution < -0.4 is 5.73 Å². The minimum absolute atomic E-state index is 0.173. The van der Waals surface area contributed by atoms with Crippen LogP contribution in [0.15, 0.2) is 21.7 Å². The number of nitrogens with two attached hydrogens (primary N) is 1. The monoisotopic (exact) mass is 226 g/mol. The maximum atomic E-state index is 10.8. The highest BCUT2D eigenvalue weighted by atomic mass is 16.6. The van der Waals surface area contributed by atoms with Gasteiger partial charge in [-0.05, 0) is 13.0 Å². The minimum Gasteiger partial charge on any atom is -0.400 e. The van der Waals surface area contributed by atoms with Gasteiger partial charge in [-0.3, -0.25) is 10.1 Å². The first-order valence-corrected chi connectivity index (χ1v) is 4.39. The minimum atomic E-state index is -0.709. The number of urea groups is 1. The third-order valence-electron chi connectivity index (χ3n) is 1.67. The molecule has 0 saturated heterocycles. The summed E-state index contributed by atoms with van der Waals surface area (Å²) in [6, 6.07) is 1.86. The highest BCUT2D eigenvalue weighted by molar-refractivity contribution is 5.79. The molecule has 0 bridgehead atoms. The van der Waals surface area contributed by atoms with Crippen molar-refractivity contribution in [2.45, 2.75) is 6.92 Å². The number of hydrogen-bond donors (Lipinski definition) is 1. The summed E-state index contributed by atoms with van der Waals surface area (Å²) in [7, 11) is 0. The van der Waals surface area contributed by atoms with Crippen LogP contribution in [0.1, 0.15) is 12.7 Å². The molecular weight excluding hydrogens is 216 g/mol. The van der Waals surface area contributed by atoms with Crippen molar-refractivity contribution in [3.05, 3.63) is 28.0 Å². The van der Waals surface area contributed by atoms with Crippen molar-refractivity contribution in [2.24, 2.45) is 10.8 Å². The van der Waals surface area contributed by atoms with Gasteiger partial charge in [0.05, 0.1) is 12.3 Å². The van der Waals surface area contributed by atoms with Crippen molar-refractivity contribution in [1.29, 1.82) is 0 Å². The Hall–Kier alpha value is -2.38. The molecule has 0 aliphatic heterocycles. The Labute approximate surface area is 90.5 Å². The standard InChI is InChI=1S/C8H10N4O4/c1-2-11(8(9)13)10-5-6-3-4-7(16-6)12(14)15/h3-5H,2H2,1H3,(H2,9,13)/b10-5-. The number of furan rings is 1. The lowest BCUT2D eigenvalue weighted by molar-refractivity contribution is -0.402. The Morgan fingerprint density at radius 2 is 2.44 bits per heavy atom. The Kier molecular flexibility index (Phi) is 3.59. The van der Waals surface area contributed by atoms with E-state index in [4.69, 9.17) is 10.2 Å². The van der Waals surface area contributed by atoms with Crippen LogP contribution in [0, 0.1) is 10.1 Å². The van der Waals surface area contributed by atoms with E-state index in [-0.39, 0.29) is 11.6 Å². The van der Waals surface area contributed by atoms with Crippen LogP contribution in [-0.2, 0) is 0 Å². The van der Waals surface area contributed by atoms with Gasteiger partial charge in [-0.1, -0.05) is 0 Å². The topological polar surface area (TPSA) is 115 Å². The first-order valence-electron chi connectivity index (χ1n) is 4.39. The van der Waals surface area contributed by atoms with E-state index >= 15 is 0 Å². The molecular formula is C8H10N4O4. The largest absolute Gasteiger partial charge is 0.433 e. The van der Waals surface area contributed by atoms with E-state index < -0.39 is 11.0 Å². The smallest absolute Gasteiger partial charge is 0.400 e. The fourth-order valence-corrected chi connectivity index (χ4v) is 0.931. The van der Waals surface area contributed by atoms with Gasteiger partial charge in [0.2, 0.25) is 0 Å². The number of amides is 2. The summed E-state index contributed by atoms with van der Waals surface area (Å²) < 4.78 is 4.79. The number of carbonyl (C=O) groups excluding carboxylic acids is 1. The zero-order valence-electron chi connectivity index (χ0n) is 8.49. The summed E-state index contributed by atoms with van der Waals surface area (Å²) in [6.07, 6.45) is 1.18. The molecule has 0 aromatic carbocycles. The third kappa shape index (κ3) is 2.80. The van der Waals surface area contributed by atoms with Crippen molar-refractivity contribution in [3.63, 3.8) is 0 Å². The molecule has 0 aliphatic carbocycles. The molecule has 16 heavy (non-hydrogen) atoms. The van der Waals surface area contributed by atoms with Crippen LogP contribution in [0.25, 0.3) is 0 Å². The Bertz CT molecular complexity index is 425. The lowest BCUT2D eigenvalue weighted by Crippen LogP contribution is -2.31. The second kappa shape index (κ2) is 4.91. The van der Waals surface area contributed by atoms with Crippen molar-refractivity contribution in [3.8, 4) is 0 Å². The fourth-order valence-electron chi connectivity index (χ4n) is 0.931. The van der Waals surface area contributed by atoms with Gasteiger partial charge in [0.1, 0.15) is 4.92 Å². The van der Waals surface area contributed by atoms with Gasteiger partial charge in [0.15, 0.2) is 5.76 Å². The maximum absolute atomic E-state index is 10.8. The molecule has 0 aliphatic rings.